The summed E-state index contributed by atoms with van der Waals surface area (Å²) >= 11 is 0. The second-order valence-electron chi connectivity index (χ2n) is 4.26. The molecule has 1 heterocycles. The van der Waals surface area contributed by atoms with Crippen LogP contribution in [0.25, 0.3) is 11.0 Å². The number of hydrogen-bond acceptors (Lipinski definition) is 4. The Balaban J connectivity index is 1.81. The van der Waals surface area contributed by atoms with Crippen molar-refractivity contribution in [2.24, 2.45) is 0 Å². The number of nitrogens with zero attached hydrogens (tertiary/aromatic N) is 2. The number of aromatic nitrogens is 2. The molecule has 0 saturated heterocycles. The first kappa shape index (κ1) is 12.9. The molecular weight excluding hydrogens is 224 g/mol. The molecule has 2 N–H and O–H groups in total. The first-order valence-electron chi connectivity index (χ1n) is 6.51. The molecule has 2 aromatic rings. The number of benzene rings is 1. The molecule has 2 rings (SSSR count). The molecule has 1 aromatic carbocycles. The molecule has 0 atom stereocenters. The molecule has 1 aromatic heterocycles. The maximum atomic E-state index is 4.31. The van der Waals surface area contributed by atoms with Gasteiger partial charge in [-0.1, -0.05) is 13.0 Å². The summed E-state index contributed by atoms with van der Waals surface area (Å²) in [6, 6.07) is 6.23. The van der Waals surface area contributed by atoms with Crippen LogP contribution < -0.4 is 10.6 Å². The zero-order valence-corrected chi connectivity index (χ0v) is 10.8. The minimum absolute atomic E-state index is 0.888. The summed E-state index contributed by atoms with van der Waals surface area (Å²) < 4.78 is 0. The van der Waals surface area contributed by atoms with Crippen molar-refractivity contribution in [3.63, 3.8) is 0 Å². The van der Waals surface area contributed by atoms with Crippen molar-refractivity contribution < 1.29 is 0 Å². The van der Waals surface area contributed by atoms with Gasteiger partial charge in [-0.3, -0.25) is 9.97 Å². The van der Waals surface area contributed by atoms with Crippen molar-refractivity contribution in [2.75, 3.05) is 19.6 Å². The Morgan fingerprint density at radius 2 is 1.78 bits per heavy atom. The number of nitrogens with one attached hydrogen (secondary N) is 2. The third-order valence-electron chi connectivity index (χ3n) is 2.82. The van der Waals surface area contributed by atoms with Gasteiger partial charge in [0.25, 0.3) is 0 Å². The molecule has 0 radical (unpaired) electrons. The van der Waals surface area contributed by atoms with Crippen LogP contribution in [0.15, 0.2) is 30.6 Å². The summed E-state index contributed by atoms with van der Waals surface area (Å²) in [5, 5.41) is 6.75. The summed E-state index contributed by atoms with van der Waals surface area (Å²) in [4.78, 5) is 8.57. The molecule has 18 heavy (non-hydrogen) atoms. The fraction of sp³-hybridized carbons (Fsp3) is 0.429. The van der Waals surface area contributed by atoms with Crippen LogP contribution >= 0.6 is 0 Å². The molecule has 4 nitrogen and oxygen atoms in total. The van der Waals surface area contributed by atoms with Gasteiger partial charge in [-0.25, -0.2) is 0 Å². The molecule has 0 aliphatic heterocycles. The molecule has 96 valence electrons. The third kappa shape index (κ3) is 3.75. The minimum atomic E-state index is 0.888. The lowest BCUT2D eigenvalue weighted by Gasteiger charge is -2.06. The maximum Gasteiger partial charge on any atom is 0.0890 e. The number of hydrogen-bond donors (Lipinski definition) is 2. The molecule has 0 unspecified atom stereocenters. The fourth-order valence-electron chi connectivity index (χ4n) is 1.87. The van der Waals surface area contributed by atoms with Gasteiger partial charge in [0.05, 0.1) is 11.0 Å². The highest BCUT2D eigenvalue weighted by Gasteiger charge is 1.97. The number of fused-ring (bicyclic) bond motifs is 1. The lowest BCUT2D eigenvalue weighted by Crippen LogP contribution is -2.21. The van der Waals surface area contributed by atoms with E-state index in [4.69, 9.17) is 0 Å². The monoisotopic (exact) mass is 244 g/mol. The van der Waals surface area contributed by atoms with E-state index in [1.54, 1.807) is 12.4 Å². The lowest BCUT2D eigenvalue weighted by molar-refractivity contribution is 0.606. The first-order chi connectivity index (χ1) is 8.90. The van der Waals surface area contributed by atoms with E-state index in [1.807, 2.05) is 6.07 Å². The second-order valence-corrected chi connectivity index (χ2v) is 4.26. The van der Waals surface area contributed by atoms with Gasteiger partial charge in [0, 0.05) is 18.9 Å². The number of rotatable bonds is 7. The van der Waals surface area contributed by atoms with Gasteiger partial charge in [0.2, 0.25) is 0 Å². The SMILES string of the molecule is CCNCCCNCc1ccc2nccnc2c1. The molecule has 0 amide bonds. The van der Waals surface area contributed by atoms with Gasteiger partial charge in [0.15, 0.2) is 0 Å². The van der Waals surface area contributed by atoms with Crippen LogP contribution in [0, 0.1) is 0 Å². The van der Waals surface area contributed by atoms with Crippen LogP contribution in [0.2, 0.25) is 0 Å². The molecule has 0 bridgehead atoms. The molecule has 0 aliphatic carbocycles. The highest BCUT2D eigenvalue weighted by Crippen LogP contribution is 2.10. The van der Waals surface area contributed by atoms with Crippen molar-refractivity contribution in [3.8, 4) is 0 Å². The highest BCUT2D eigenvalue weighted by molar-refractivity contribution is 5.74. The van der Waals surface area contributed by atoms with Crippen LogP contribution in [0.5, 0.6) is 0 Å². The first-order valence-corrected chi connectivity index (χ1v) is 6.51. The Hall–Kier alpha value is -1.52. The van der Waals surface area contributed by atoms with Crippen molar-refractivity contribution in [1.82, 2.24) is 20.6 Å². The van der Waals surface area contributed by atoms with E-state index in [2.05, 4.69) is 39.7 Å². The molecule has 4 heteroatoms. The average molecular weight is 244 g/mol. The summed E-state index contributed by atoms with van der Waals surface area (Å²) in [6.45, 7) is 6.17. The molecule has 0 saturated carbocycles. The van der Waals surface area contributed by atoms with E-state index in [1.165, 1.54) is 5.56 Å². The Labute approximate surface area is 108 Å². The van der Waals surface area contributed by atoms with Crippen LogP contribution in [0.1, 0.15) is 18.9 Å². The molecular formula is C14H20N4. The van der Waals surface area contributed by atoms with E-state index in [-0.39, 0.29) is 0 Å². The Kier molecular flexibility index (Phi) is 5.05. The van der Waals surface area contributed by atoms with E-state index in [9.17, 15) is 0 Å². The van der Waals surface area contributed by atoms with Gasteiger partial charge in [-0.05, 0) is 43.8 Å². The average Bonchev–Trinajstić information content (AvgIpc) is 2.42. The van der Waals surface area contributed by atoms with E-state index in [0.29, 0.717) is 0 Å². The largest absolute Gasteiger partial charge is 0.317 e. The highest BCUT2D eigenvalue weighted by atomic mass is 14.9. The predicted molar refractivity (Wildman–Crippen MR) is 74.4 cm³/mol. The van der Waals surface area contributed by atoms with Crippen molar-refractivity contribution in [1.29, 1.82) is 0 Å². The van der Waals surface area contributed by atoms with Gasteiger partial charge in [-0.2, -0.15) is 0 Å². The molecule has 0 spiro atoms. The summed E-state index contributed by atoms with van der Waals surface area (Å²) in [5.41, 5.74) is 3.17. The maximum absolute atomic E-state index is 4.31. The van der Waals surface area contributed by atoms with Gasteiger partial charge >= 0.3 is 0 Å². The molecule has 0 fully saturated rings. The van der Waals surface area contributed by atoms with E-state index < -0.39 is 0 Å². The lowest BCUT2D eigenvalue weighted by atomic mass is 10.2. The van der Waals surface area contributed by atoms with Crippen LogP contribution in [-0.2, 0) is 6.54 Å². The summed E-state index contributed by atoms with van der Waals surface area (Å²) in [6.07, 6.45) is 4.61. The summed E-state index contributed by atoms with van der Waals surface area (Å²) in [5.74, 6) is 0. The zero-order valence-electron chi connectivity index (χ0n) is 10.8. The van der Waals surface area contributed by atoms with Gasteiger partial charge in [0.1, 0.15) is 0 Å². The van der Waals surface area contributed by atoms with Crippen molar-refractivity contribution >= 4 is 11.0 Å². The van der Waals surface area contributed by atoms with E-state index >= 15 is 0 Å². The Bertz CT molecular complexity index is 484. The summed E-state index contributed by atoms with van der Waals surface area (Å²) in [7, 11) is 0. The minimum Gasteiger partial charge on any atom is -0.317 e. The third-order valence-corrected chi connectivity index (χ3v) is 2.82. The van der Waals surface area contributed by atoms with Gasteiger partial charge in [-0.15, -0.1) is 0 Å². The van der Waals surface area contributed by atoms with Crippen molar-refractivity contribution in [2.45, 2.75) is 19.9 Å². The van der Waals surface area contributed by atoms with Crippen LogP contribution in [-0.4, -0.2) is 29.6 Å². The van der Waals surface area contributed by atoms with E-state index in [0.717, 1.165) is 43.6 Å². The van der Waals surface area contributed by atoms with Gasteiger partial charge < -0.3 is 10.6 Å². The standard InChI is InChI=1S/C14H20N4/c1-2-15-6-3-7-16-11-12-4-5-13-14(10-12)18-9-8-17-13/h4-5,8-10,15-16H,2-3,6-7,11H2,1H3. The topological polar surface area (TPSA) is 49.8 Å². The molecule has 0 aliphatic rings. The van der Waals surface area contributed by atoms with Crippen molar-refractivity contribution in [3.05, 3.63) is 36.2 Å². The van der Waals surface area contributed by atoms with Crippen LogP contribution in [0.3, 0.4) is 0 Å². The quantitative estimate of drug-likeness (QED) is 0.728. The predicted octanol–water partition coefficient (Wildman–Crippen LogP) is 1.72. The van der Waals surface area contributed by atoms with Crippen LogP contribution in [0.4, 0.5) is 0 Å². The second kappa shape index (κ2) is 7.03. The normalized spacial score (nSPS) is 10.9. The Morgan fingerprint density at radius 3 is 2.61 bits per heavy atom. The fourth-order valence-corrected chi connectivity index (χ4v) is 1.87. The Morgan fingerprint density at radius 1 is 1.00 bits per heavy atom. The smallest absolute Gasteiger partial charge is 0.0890 e. The zero-order chi connectivity index (χ0) is 12.6.